The fourth-order valence-electron chi connectivity index (χ4n) is 2.10. The van der Waals surface area contributed by atoms with Crippen molar-refractivity contribution in [2.24, 2.45) is 0 Å². The molecule has 0 saturated heterocycles. The molecule has 0 atom stereocenters. The molecule has 0 fully saturated rings. The third-order valence-electron chi connectivity index (χ3n) is 3.28. The topological polar surface area (TPSA) is 47.6 Å². The predicted molar refractivity (Wildman–Crippen MR) is 91.4 cm³/mol. The van der Waals surface area contributed by atoms with Gasteiger partial charge >= 0.3 is 6.61 Å². The van der Waals surface area contributed by atoms with E-state index in [4.69, 9.17) is 16.3 Å². The monoisotopic (exact) mass is 369 g/mol. The minimum absolute atomic E-state index is 0.0985. The average molecular weight is 370 g/mol. The standard InChI is InChI=1S/C18H18ClF2NO3/c19-14-2-1-3-16(12-14)24-11-10-22-17(23)9-6-13-4-7-15(8-5-13)25-18(20)21/h1-5,7-8,12,18H,6,9-11H2,(H,22,23). The summed E-state index contributed by atoms with van der Waals surface area (Å²) < 4.78 is 33.9. The number of nitrogens with one attached hydrogen (secondary N) is 1. The predicted octanol–water partition coefficient (Wildman–Crippen LogP) is 4.07. The molecule has 25 heavy (non-hydrogen) atoms. The van der Waals surface area contributed by atoms with Crippen LogP contribution in [0.2, 0.25) is 5.02 Å². The van der Waals surface area contributed by atoms with E-state index >= 15 is 0 Å². The average Bonchev–Trinajstić information content (AvgIpc) is 2.58. The number of carbonyl (C=O) groups is 1. The first-order valence-electron chi connectivity index (χ1n) is 7.72. The van der Waals surface area contributed by atoms with E-state index in [0.717, 1.165) is 5.56 Å². The second-order valence-corrected chi connectivity index (χ2v) is 5.61. The Morgan fingerprint density at radius 2 is 1.88 bits per heavy atom. The van der Waals surface area contributed by atoms with Gasteiger partial charge in [0.15, 0.2) is 0 Å². The lowest BCUT2D eigenvalue weighted by Crippen LogP contribution is -2.28. The van der Waals surface area contributed by atoms with Crippen LogP contribution in [0.1, 0.15) is 12.0 Å². The number of ether oxygens (including phenoxy) is 2. The molecular weight excluding hydrogens is 352 g/mol. The van der Waals surface area contributed by atoms with E-state index in [9.17, 15) is 13.6 Å². The molecule has 4 nitrogen and oxygen atoms in total. The maximum atomic E-state index is 12.1. The van der Waals surface area contributed by atoms with Gasteiger partial charge in [0.25, 0.3) is 0 Å². The van der Waals surface area contributed by atoms with E-state index in [1.54, 1.807) is 36.4 Å². The number of benzene rings is 2. The van der Waals surface area contributed by atoms with Crippen LogP contribution in [-0.2, 0) is 11.2 Å². The lowest BCUT2D eigenvalue weighted by Gasteiger charge is -2.08. The molecule has 0 aliphatic rings. The molecule has 0 bridgehead atoms. The quantitative estimate of drug-likeness (QED) is 0.678. The summed E-state index contributed by atoms with van der Waals surface area (Å²) in [6, 6.07) is 13.3. The maximum Gasteiger partial charge on any atom is 0.387 e. The van der Waals surface area contributed by atoms with Gasteiger partial charge in [-0.2, -0.15) is 8.78 Å². The second kappa shape index (κ2) is 9.84. The van der Waals surface area contributed by atoms with Crippen molar-refractivity contribution >= 4 is 17.5 Å². The molecule has 0 aliphatic heterocycles. The van der Waals surface area contributed by atoms with Gasteiger partial charge in [0.2, 0.25) is 5.91 Å². The highest BCUT2D eigenvalue weighted by Crippen LogP contribution is 2.17. The Kier molecular flexibility index (Phi) is 7.47. The zero-order chi connectivity index (χ0) is 18.1. The van der Waals surface area contributed by atoms with E-state index in [0.29, 0.717) is 36.8 Å². The molecule has 2 rings (SSSR count). The largest absolute Gasteiger partial charge is 0.492 e. The first kappa shape index (κ1) is 19.0. The van der Waals surface area contributed by atoms with E-state index in [1.807, 2.05) is 0 Å². The lowest BCUT2D eigenvalue weighted by molar-refractivity contribution is -0.121. The summed E-state index contributed by atoms with van der Waals surface area (Å²) in [4.78, 5) is 11.8. The first-order chi connectivity index (χ1) is 12.0. The van der Waals surface area contributed by atoms with Gasteiger partial charge in [-0.25, -0.2) is 0 Å². The zero-order valence-corrected chi connectivity index (χ0v) is 14.1. The summed E-state index contributed by atoms with van der Waals surface area (Å²) in [5, 5.41) is 3.34. The molecule has 1 N–H and O–H groups in total. The number of alkyl halides is 2. The van der Waals surface area contributed by atoms with Crippen LogP contribution in [0.5, 0.6) is 11.5 Å². The van der Waals surface area contributed by atoms with E-state index in [1.165, 1.54) is 12.1 Å². The molecule has 0 aliphatic carbocycles. The number of aryl methyl sites for hydroxylation is 1. The molecule has 0 saturated carbocycles. The molecule has 0 spiro atoms. The Labute approximate surface area is 149 Å². The van der Waals surface area contributed by atoms with Gasteiger partial charge in [-0.1, -0.05) is 29.8 Å². The summed E-state index contributed by atoms with van der Waals surface area (Å²) in [5.41, 5.74) is 0.868. The summed E-state index contributed by atoms with van der Waals surface area (Å²) in [5.74, 6) is 0.636. The van der Waals surface area contributed by atoms with Crippen molar-refractivity contribution in [3.8, 4) is 11.5 Å². The van der Waals surface area contributed by atoms with Gasteiger partial charge in [0.1, 0.15) is 18.1 Å². The van der Waals surface area contributed by atoms with E-state index in [2.05, 4.69) is 10.1 Å². The highest BCUT2D eigenvalue weighted by atomic mass is 35.5. The minimum Gasteiger partial charge on any atom is -0.492 e. The number of rotatable bonds is 9. The van der Waals surface area contributed by atoms with Gasteiger partial charge in [-0.05, 0) is 42.3 Å². The van der Waals surface area contributed by atoms with Gasteiger partial charge in [-0.15, -0.1) is 0 Å². The Hall–Kier alpha value is -2.34. The normalized spacial score (nSPS) is 10.6. The molecule has 1 amide bonds. The number of amides is 1. The number of hydrogen-bond donors (Lipinski definition) is 1. The van der Waals surface area contributed by atoms with Crippen LogP contribution in [0.4, 0.5) is 8.78 Å². The lowest BCUT2D eigenvalue weighted by atomic mass is 10.1. The van der Waals surface area contributed by atoms with Crippen LogP contribution < -0.4 is 14.8 Å². The smallest absolute Gasteiger partial charge is 0.387 e. The molecule has 0 aromatic heterocycles. The Morgan fingerprint density at radius 1 is 1.12 bits per heavy atom. The summed E-state index contributed by atoms with van der Waals surface area (Å²) in [6.07, 6.45) is 0.808. The summed E-state index contributed by atoms with van der Waals surface area (Å²) in [7, 11) is 0. The van der Waals surface area contributed by atoms with Crippen molar-refractivity contribution in [1.29, 1.82) is 0 Å². The van der Waals surface area contributed by atoms with E-state index in [-0.39, 0.29) is 11.7 Å². The van der Waals surface area contributed by atoms with Crippen molar-refractivity contribution in [1.82, 2.24) is 5.32 Å². The second-order valence-electron chi connectivity index (χ2n) is 5.18. The minimum atomic E-state index is -2.84. The first-order valence-corrected chi connectivity index (χ1v) is 8.09. The fraction of sp³-hybridized carbons (Fsp3) is 0.278. The SMILES string of the molecule is O=C(CCc1ccc(OC(F)F)cc1)NCCOc1cccc(Cl)c1. The van der Waals surface area contributed by atoms with E-state index < -0.39 is 6.61 Å². The highest BCUT2D eigenvalue weighted by Gasteiger charge is 2.05. The van der Waals surface area contributed by atoms with Crippen molar-refractivity contribution in [2.45, 2.75) is 19.5 Å². The molecule has 0 heterocycles. The zero-order valence-electron chi connectivity index (χ0n) is 13.4. The Morgan fingerprint density at radius 3 is 2.56 bits per heavy atom. The highest BCUT2D eigenvalue weighted by molar-refractivity contribution is 6.30. The van der Waals surface area contributed by atoms with Crippen LogP contribution in [0, 0.1) is 0 Å². The molecular formula is C18H18ClF2NO3. The third-order valence-corrected chi connectivity index (χ3v) is 3.51. The Bertz CT molecular complexity index is 680. The Balaban J connectivity index is 1.63. The molecule has 0 radical (unpaired) electrons. The number of carbonyl (C=O) groups excluding carboxylic acids is 1. The van der Waals surface area contributed by atoms with Crippen LogP contribution >= 0.6 is 11.6 Å². The number of hydrogen-bond acceptors (Lipinski definition) is 3. The van der Waals surface area contributed by atoms with Crippen LogP contribution in [0.3, 0.4) is 0 Å². The van der Waals surface area contributed by atoms with Gasteiger partial charge in [0.05, 0.1) is 6.54 Å². The van der Waals surface area contributed by atoms with Crippen molar-refractivity contribution in [3.63, 3.8) is 0 Å². The number of halogens is 3. The molecule has 7 heteroatoms. The summed E-state index contributed by atoms with van der Waals surface area (Å²) >= 11 is 5.85. The van der Waals surface area contributed by atoms with Crippen LogP contribution in [0.15, 0.2) is 48.5 Å². The third kappa shape index (κ3) is 7.39. The maximum absolute atomic E-state index is 12.1. The molecule has 0 unspecified atom stereocenters. The molecule has 2 aromatic rings. The van der Waals surface area contributed by atoms with Crippen molar-refractivity contribution in [2.75, 3.05) is 13.2 Å². The van der Waals surface area contributed by atoms with Crippen molar-refractivity contribution in [3.05, 3.63) is 59.1 Å². The molecule has 2 aromatic carbocycles. The van der Waals surface area contributed by atoms with Gasteiger partial charge in [-0.3, -0.25) is 4.79 Å². The van der Waals surface area contributed by atoms with Gasteiger partial charge < -0.3 is 14.8 Å². The van der Waals surface area contributed by atoms with Gasteiger partial charge in [0, 0.05) is 11.4 Å². The molecule has 134 valence electrons. The van der Waals surface area contributed by atoms with Crippen LogP contribution in [-0.4, -0.2) is 25.7 Å². The fourth-order valence-corrected chi connectivity index (χ4v) is 2.28. The summed E-state index contributed by atoms with van der Waals surface area (Å²) in [6.45, 7) is -2.12. The van der Waals surface area contributed by atoms with Crippen molar-refractivity contribution < 1.29 is 23.0 Å². The van der Waals surface area contributed by atoms with Crippen LogP contribution in [0.25, 0.3) is 0 Å².